The third-order valence-electron chi connectivity index (χ3n) is 2.13. The number of methoxy groups -OCH3 is 1. The van der Waals surface area contributed by atoms with Gasteiger partial charge in [-0.15, -0.1) is 0 Å². The molecule has 1 aromatic heterocycles. The fourth-order valence-electron chi connectivity index (χ4n) is 1.27. The first-order valence-electron chi connectivity index (χ1n) is 5.60. The number of ether oxygens (including phenoxy) is 2. The van der Waals surface area contributed by atoms with Gasteiger partial charge in [-0.25, -0.2) is 10.8 Å². The molecule has 0 fully saturated rings. The first-order valence-corrected chi connectivity index (χ1v) is 5.60. The third kappa shape index (κ3) is 6.06. The van der Waals surface area contributed by atoms with Crippen molar-refractivity contribution in [1.82, 2.24) is 4.98 Å². The molecule has 0 aliphatic heterocycles. The van der Waals surface area contributed by atoms with Crippen molar-refractivity contribution in [2.24, 2.45) is 5.84 Å². The molecule has 6 nitrogen and oxygen atoms in total. The van der Waals surface area contributed by atoms with E-state index in [1.807, 2.05) is 12.1 Å². The van der Waals surface area contributed by atoms with E-state index in [0.717, 1.165) is 25.3 Å². The summed E-state index contributed by atoms with van der Waals surface area (Å²) in [6.07, 6.45) is 2.64. The van der Waals surface area contributed by atoms with Crippen LogP contribution in [0.5, 0.6) is 0 Å². The molecule has 0 saturated heterocycles. The number of anilines is 2. The molecule has 0 atom stereocenters. The lowest BCUT2D eigenvalue weighted by Crippen LogP contribution is -2.10. The molecule has 0 unspecified atom stereocenters. The van der Waals surface area contributed by atoms with Gasteiger partial charge in [0.2, 0.25) is 0 Å². The molecule has 6 heteroatoms. The molecular weight excluding hydrogens is 220 g/mol. The molecule has 1 rings (SSSR count). The van der Waals surface area contributed by atoms with E-state index in [-0.39, 0.29) is 0 Å². The fraction of sp³-hybridized carbons (Fsp3) is 0.545. The molecule has 4 N–H and O–H groups in total. The van der Waals surface area contributed by atoms with Crippen molar-refractivity contribution < 1.29 is 9.47 Å². The van der Waals surface area contributed by atoms with Crippen LogP contribution in [-0.2, 0) is 9.47 Å². The van der Waals surface area contributed by atoms with E-state index < -0.39 is 0 Å². The van der Waals surface area contributed by atoms with Crippen molar-refractivity contribution in [3.05, 3.63) is 18.3 Å². The molecule has 0 amide bonds. The van der Waals surface area contributed by atoms with Crippen molar-refractivity contribution in [3.63, 3.8) is 0 Å². The van der Waals surface area contributed by atoms with Crippen LogP contribution in [0.1, 0.15) is 6.42 Å². The maximum Gasteiger partial charge on any atom is 0.141 e. The van der Waals surface area contributed by atoms with Gasteiger partial charge in [0.25, 0.3) is 0 Å². The summed E-state index contributed by atoms with van der Waals surface area (Å²) >= 11 is 0. The SMILES string of the molecule is COCCOCCCNc1ccnc(NN)c1. The highest BCUT2D eigenvalue weighted by molar-refractivity contribution is 5.51. The summed E-state index contributed by atoms with van der Waals surface area (Å²) in [6, 6.07) is 3.75. The Hall–Kier alpha value is -1.37. The lowest BCUT2D eigenvalue weighted by Gasteiger charge is -2.08. The number of nitrogens with one attached hydrogen (secondary N) is 2. The second kappa shape index (κ2) is 8.74. The standard InChI is InChI=1S/C11H20N4O2/c1-16-7-8-17-6-2-4-13-10-3-5-14-11(9-10)15-12/h3,5,9H,2,4,6-8,12H2,1H3,(H2,13,14,15). The van der Waals surface area contributed by atoms with Gasteiger partial charge in [-0.05, 0) is 12.5 Å². The van der Waals surface area contributed by atoms with Crippen molar-refractivity contribution in [1.29, 1.82) is 0 Å². The van der Waals surface area contributed by atoms with E-state index in [4.69, 9.17) is 15.3 Å². The highest BCUT2D eigenvalue weighted by atomic mass is 16.5. The minimum absolute atomic E-state index is 0.642. The highest BCUT2D eigenvalue weighted by Crippen LogP contribution is 2.10. The van der Waals surface area contributed by atoms with Crippen molar-refractivity contribution in [2.75, 3.05) is 44.2 Å². The Labute approximate surface area is 101 Å². The molecule has 0 aliphatic carbocycles. The summed E-state index contributed by atoms with van der Waals surface area (Å²) in [5, 5.41) is 3.26. The predicted molar refractivity (Wildman–Crippen MR) is 67.8 cm³/mol. The molecule has 0 aromatic carbocycles. The zero-order valence-electron chi connectivity index (χ0n) is 10.1. The molecule has 96 valence electrons. The number of hydrogen-bond donors (Lipinski definition) is 3. The van der Waals surface area contributed by atoms with Crippen LogP contribution in [0.3, 0.4) is 0 Å². The lowest BCUT2D eigenvalue weighted by molar-refractivity contribution is 0.0705. The van der Waals surface area contributed by atoms with Crippen LogP contribution in [0.15, 0.2) is 18.3 Å². The number of rotatable bonds is 9. The van der Waals surface area contributed by atoms with Crippen LogP contribution in [0.25, 0.3) is 0 Å². The Bertz CT molecular complexity index is 309. The maximum atomic E-state index is 5.35. The van der Waals surface area contributed by atoms with Crippen molar-refractivity contribution in [2.45, 2.75) is 6.42 Å². The average Bonchev–Trinajstić information content (AvgIpc) is 2.38. The van der Waals surface area contributed by atoms with Gasteiger partial charge < -0.3 is 20.2 Å². The molecule has 1 heterocycles. The van der Waals surface area contributed by atoms with E-state index in [2.05, 4.69) is 15.7 Å². The van der Waals surface area contributed by atoms with Gasteiger partial charge in [-0.1, -0.05) is 0 Å². The zero-order valence-corrected chi connectivity index (χ0v) is 10.1. The second-order valence-corrected chi connectivity index (χ2v) is 3.46. The summed E-state index contributed by atoms with van der Waals surface area (Å²) < 4.78 is 10.2. The van der Waals surface area contributed by atoms with Crippen molar-refractivity contribution in [3.8, 4) is 0 Å². The fourth-order valence-corrected chi connectivity index (χ4v) is 1.27. The summed E-state index contributed by atoms with van der Waals surface area (Å²) in [5.41, 5.74) is 3.49. The lowest BCUT2D eigenvalue weighted by atomic mass is 10.3. The van der Waals surface area contributed by atoms with Gasteiger partial charge in [0.05, 0.1) is 13.2 Å². The van der Waals surface area contributed by atoms with Crippen LogP contribution < -0.4 is 16.6 Å². The van der Waals surface area contributed by atoms with Gasteiger partial charge in [0.15, 0.2) is 0 Å². The number of nitrogen functional groups attached to an aromatic ring is 1. The molecule has 0 aliphatic rings. The van der Waals surface area contributed by atoms with E-state index in [1.165, 1.54) is 0 Å². The van der Waals surface area contributed by atoms with Gasteiger partial charge in [-0.3, -0.25) is 0 Å². The van der Waals surface area contributed by atoms with Crippen LogP contribution >= 0.6 is 0 Å². The smallest absolute Gasteiger partial charge is 0.141 e. The Morgan fingerprint density at radius 2 is 2.24 bits per heavy atom. The Morgan fingerprint density at radius 3 is 3.00 bits per heavy atom. The second-order valence-electron chi connectivity index (χ2n) is 3.46. The predicted octanol–water partition coefficient (Wildman–Crippen LogP) is 0.832. The van der Waals surface area contributed by atoms with Crippen molar-refractivity contribution >= 4 is 11.5 Å². The number of nitrogens with zero attached hydrogens (tertiary/aromatic N) is 1. The minimum Gasteiger partial charge on any atom is -0.385 e. The monoisotopic (exact) mass is 240 g/mol. The molecule has 0 saturated carbocycles. The van der Waals surface area contributed by atoms with E-state index in [1.54, 1.807) is 13.3 Å². The maximum absolute atomic E-state index is 5.35. The Morgan fingerprint density at radius 1 is 1.35 bits per heavy atom. The van der Waals surface area contributed by atoms with Gasteiger partial charge >= 0.3 is 0 Å². The number of aromatic nitrogens is 1. The van der Waals surface area contributed by atoms with Gasteiger partial charge in [-0.2, -0.15) is 0 Å². The van der Waals surface area contributed by atoms with E-state index >= 15 is 0 Å². The summed E-state index contributed by atoms with van der Waals surface area (Å²) in [7, 11) is 1.66. The molecule has 0 radical (unpaired) electrons. The van der Waals surface area contributed by atoms with Crippen LogP contribution in [-0.4, -0.2) is 38.5 Å². The summed E-state index contributed by atoms with van der Waals surface area (Å²) in [6.45, 7) is 2.86. The number of nitrogens with two attached hydrogens (primary N) is 1. The first-order chi connectivity index (χ1) is 8.36. The molecule has 1 aromatic rings. The van der Waals surface area contributed by atoms with E-state index in [9.17, 15) is 0 Å². The zero-order chi connectivity index (χ0) is 12.3. The van der Waals surface area contributed by atoms with Gasteiger partial charge in [0, 0.05) is 38.2 Å². The normalized spacial score (nSPS) is 10.2. The summed E-state index contributed by atoms with van der Waals surface area (Å²) in [4.78, 5) is 4.02. The van der Waals surface area contributed by atoms with Crippen LogP contribution in [0, 0.1) is 0 Å². The molecule has 17 heavy (non-hydrogen) atoms. The topological polar surface area (TPSA) is 81.4 Å². The Balaban J connectivity index is 2.09. The van der Waals surface area contributed by atoms with Crippen LogP contribution in [0.4, 0.5) is 11.5 Å². The minimum atomic E-state index is 0.642. The summed E-state index contributed by atoms with van der Waals surface area (Å²) in [5.74, 6) is 5.91. The molecule has 0 bridgehead atoms. The average molecular weight is 240 g/mol. The third-order valence-corrected chi connectivity index (χ3v) is 2.13. The number of hydrogen-bond acceptors (Lipinski definition) is 6. The highest BCUT2D eigenvalue weighted by Gasteiger charge is 1.95. The number of hydrazine groups is 1. The quantitative estimate of drug-likeness (QED) is 0.337. The molecule has 0 spiro atoms. The van der Waals surface area contributed by atoms with Gasteiger partial charge in [0.1, 0.15) is 5.82 Å². The Kier molecular flexibility index (Phi) is 7.04. The van der Waals surface area contributed by atoms with E-state index in [0.29, 0.717) is 19.0 Å². The number of pyridine rings is 1. The largest absolute Gasteiger partial charge is 0.385 e. The first kappa shape index (κ1) is 13.7. The molecular formula is C11H20N4O2. The van der Waals surface area contributed by atoms with Crippen LogP contribution in [0.2, 0.25) is 0 Å².